The molecule has 0 amide bonds. The van der Waals surface area contributed by atoms with Crippen molar-refractivity contribution >= 4 is 68.3 Å². The van der Waals surface area contributed by atoms with Gasteiger partial charge >= 0.3 is 0 Å². The van der Waals surface area contributed by atoms with E-state index in [0.29, 0.717) is 26.2 Å². The van der Waals surface area contributed by atoms with Gasteiger partial charge in [0.15, 0.2) is 5.58 Å². The van der Waals surface area contributed by atoms with E-state index in [1.54, 1.807) is 12.1 Å². The molecular formula is C12H4Cl4O. The van der Waals surface area contributed by atoms with Crippen molar-refractivity contribution in [2.24, 2.45) is 0 Å². The minimum Gasteiger partial charge on any atom is -0.454 e. The zero-order chi connectivity index (χ0) is 12.2. The molecule has 1 aromatic heterocycles. The minimum atomic E-state index is 0.288. The highest BCUT2D eigenvalue weighted by atomic mass is 35.5. The van der Waals surface area contributed by atoms with Crippen LogP contribution in [-0.4, -0.2) is 0 Å². The van der Waals surface area contributed by atoms with Gasteiger partial charge < -0.3 is 4.42 Å². The molecule has 5 heteroatoms. The van der Waals surface area contributed by atoms with Gasteiger partial charge in [-0.05, 0) is 18.2 Å². The summed E-state index contributed by atoms with van der Waals surface area (Å²) in [6.07, 6.45) is 0. The Morgan fingerprint density at radius 1 is 0.882 bits per heavy atom. The van der Waals surface area contributed by atoms with Crippen molar-refractivity contribution in [2.75, 3.05) is 0 Å². The predicted molar refractivity (Wildman–Crippen MR) is 73.8 cm³/mol. The van der Waals surface area contributed by atoms with Gasteiger partial charge in [-0.3, -0.25) is 0 Å². The summed E-state index contributed by atoms with van der Waals surface area (Å²) in [5.74, 6) is 0. The van der Waals surface area contributed by atoms with E-state index in [2.05, 4.69) is 0 Å². The van der Waals surface area contributed by atoms with E-state index >= 15 is 0 Å². The molecule has 3 aromatic rings. The Morgan fingerprint density at radius 3 is 2.41 bits per heavy atom. The maximum atomic E-state index is 6.14. The quantitative estimate of drug-likeness (QED) is 0.451. The fraction of sp³-hybridized carbons (Fsp3) is 0. The SMILES string of the molecule is Clc1cc2c(oc3cccc(Cl)c32)c(Cl)c1Cl. The second-order valence-electron chi connectivity index (χ2n) is 3.58. The van der Waals surface area contributed by atoms with Gasteiger partial charge in [-0.25, -0.2) is 0 Å². The first-order chi connectivity index (χ1) is 8.09. The zero-order valence-corrected chi connectivity index (χ0v) is 11.3. The van der Waals surface area contributed by atoms with E-state index in [0.717, 1.165) is 10.8 Å². The van der Waals surface area contributed by atoms with Crippen LogP contribution in [0.1, 0.15) is 0 Å². The molecule has 2 aromatic carbocycles. The molecule has 86 valence electrons. The highest BCUT2D eigenvalue weighted by molar-refractivity contribution is 6.51. The van der Waals surface area contributed by atoms with Crippen LogP contribution in [-0.2, 0) is 0 Å². The fourth-order valence-electron chi connectivity index (χ4n) is 1.82. The summed E-state index contributed by atoms with van der Waals surface area (Å²) in [4.78, 5) is 0. The molecule has 0 saturated heterocycles. The molecule has 1 heterocycles. The molecule has 0 bridgehead atoms. The molecular weight excluding hydrogens is 302 g/mol. The first-order valence-electron chi connectivity index (χ1n) is 4.74. The van der Waals surface area contributed by atoms with Gasteiger partial charge in [0.2, 0.25) is 0 Å². The highest BCUT2D eigenvalue weighted by Gasteiger charge is 2.17. The fourth-order valence-corrected chi connectivity index (χ4v) is 2.73. The Morgan fingerprint density at radius 2 is 1.65 bits per heavy atom. The average molecular weight is 306 g/mol. The number of benzene rings is 2. The molecule has 0 unspecified atom stereocenters. The van der Waals surface area contributed by atoms with Crippen molar-refractivity contribution in [3.05, 3.63) is 44.4 Å². The normalized spacial score (nSPS) is 11.5. The zero-order valence-electron chi connectivity index (χ0n) is 8.23. The molecule has 0 atom stereocenters. The van der Waals surface area contributed by atoms with Crippen LogP contribution in [0.25, 0.3) is 21.9 Å². The number of fused-ring (bicyclic) bond motifs is 3. The third-order valence-electron chi connectivity index (χ3n) is 2.57. The van der Waals surface area contributed by atoms with Gasteiger partial charge in [0.05, 0.1) is 15.1 Å². The van der Waals surface area contributed by atoms with E-state index < -0.39 is 0 Å². The lowest BCUT2D eigenvalue weighted by Crippen LogP contribution is -1.74. The smallest absolute Gasteiger partial charge is 0.155 e. The van der Waals surface area contributed by atoms with Gasteiger partial charge in [-0.15, -0.1) is 0 Å². The van der Waals surface area contributed by atoms with Crippen LogP contribution in [0.4, 0.5) is 0 Å². The first kappa shape index (κ1) is 11.5. The second-order valence-corrected chi connectivity index (χ2v) is 5.15. The number of hydrogen-bond donors (Lipinski definition) is 0. The van der Waals surface area contributed by atoms with Crippen molar-refractivity contribution in [1.82, 2.24) is 0 Å². The van der Waals surface area contributed by atoms with Crippen molar-refractivity contribution in [1.29, 1.82) is 0 Å². The summed E-state index contributed by atoms with van der Waals surface area (Å²) in [5.41, 5.74) is 1.16. The molecule has 3 rings (SSSR count). The number of hydrogen-bond acceptors (Lipinski definition) is 1. The van der Waals surface area contributed by atoms with E-state index in [1.165, 1.54) is 0 Å². The van der Waals surface area contributed by atoms with Gasteiger partial charge in [0, 0.05) is 10.8 Å². The predicted octanol–water partition coefficient (Wildman–Crippen LogP) is 6.20. The lowest BCUT2D eigenvalue weighted by Gasteiger charge is -1.99. The van der Waals surface area contributed by atoms with Crippen LogP contribution < -0.4 is 0 Å². The molecule has 0 N–H and O–H groups in total. The van der Waals surface area contributed by atoms with E-state index in [-0.39, 0.29) is 5.02 Å². The van der Waals surface area contributed by atoms with Crippen molar-refractivity contribution in [3.8, 4) is 0 Å². The molecule has 0 saturated carbocycles. The van der Waals surface area contributed by atoms with Gasteiger partial charge in [-0.2, -0.15) is 0 Å². The monoisotopic (exact) mass is 304 g/mol. The molecule has 17 heavy (non-hydrogen) atoms. The van der Waals surface area contributed by atoms with Crippen LogP contribution in [0.3, 0.4) is 0 Å². The Bertz CT molecular complexity index is 745. The summed E-state index contributed by atoms with van der Waals surface area (Å²) < 4.78 is 5.64. The highest BCUT2D eigenvalue weighted by Crippen LogP contribution is 2.42. The van der Waals surface area contributed by atoms with Crippen LogP contribution in [0, 0.1) is 0 Å². The van der Waals surface area contributed by atoms with Crippen LogP contribution in [0.5, 0.6) is 0 Å². The largest absolute Gasteiger partial charge is 0.454 e. The maximum absolute atomic E-state index is 6.14. The first-order valence-corrected chi connectivity index (χ1v) is 6.25. The minimum absolute atomic E-state index is 0.288. The number of furan rings is 1. The third kappa shape index (κ3) is 1.61. The second kappa shape index (κ2) is 3.96. The topological polar surface area (TPSA) is 13.1 Å². The van der Waals surface area contributed by atoms with Crippen molar-refractivity contribution in [2.45, 2.75) is 0 Å². The summed E-state index contributed by atoms with van der Waals surface area (Å²) in [5, 5.41) is 3.13. The molecule has 0 aliphatic heterocycles. The Labute approximate surface area is 117 Å². The standard InChI is InChI=1S/C12H4Cl4O/c13-6-2-1-3-8-9(6)5-4-7(14)10(15)11(16)12(5)17-8/h1-4H. The Kier molecular flexibility index (Phi) is 2.68. The average Bonchev–Trinajstić information content (AvgIpc) is 2.66. The third-order valence-corrected chi connectivity index (χ3v) is 4.13. The summed E-state index contributed by atoms with van der Waals surface area (Å²) in [6.45, 7) is 0. The Balaban J connectivity index is 2.63. The summed E-state index contributed by atoms with van der Waals surface area (Å²) in [6, 6.07) is 7.13. The molecule has 0 aliphatic carbocycles. The van der Waals surface area contributed by atoms with Gasteiger partial charge in [0.25, 0.3) is 0 Å². The summed E-state index contributed by atoms with van der Waals surface area (Å²) in [7, 11) is 0. The number of halogens is 4. The molecule has 1 nitrogen and oxygen atoms in total. The van der Waals surface area contributed by atoms with Crippen molar-refractivity contribution in [3.63, 3.8) is 0 Å². The lowest BCUT2D eigenvalue weighted by atomic mass is 10.1. The number of rotatable bonds is 0. The molecule has 0 fully saturated rings. The Hall–Kier alpha value is -0.600. The molecule has 0 spiro atoms. The van der Waals surface area contributed by atoms with Gasteiger partial charge in [-0.1, -0.05) is 52.5 Å². The summed E-state index contributed by atoms with van der Waals surface area (Å²) >= 11 is 24.2. The molecule has 0 radical (unpaired) electrons. The van der Waals surface area contributed by atoms with Crippen LogP contribution in [0.15, 0.2) is 28.7 Å². The van der Waals surface area contributed by atoms with E-state index in [4.69, 9.17) is 50.8 Å². The van der Waals surface area contributed by atoms with E-state index in [1.807, 2.05) is 12.1 Å². The van der Waals surface area contributed by atoms with E-state index in [9.17, 15) is 0 Å². The molecule has 0 aliphatic rings. The van der Waals surface area contributed by atoms with Gasteiger partial charge in [0.1, 0.15) is 10.6 Å². The van der Waals surface area contributed by atoms with Crippen LogP contribution >= 0.6 is 46.4 Å². The van der Waals surface area contributed by atoms with Crippen LogP contribution in [0.2, 0.25) is 20.1 Å². The maximum Gasteiger partial charge on any atom is 0.155 e. The lowest BCUT2D eigenvalue weighted by molar-refractivity contribution is 0.669. The van der Waals surface area contributed by atoms with Crippen molar-refractivity contribution < 1.29 is 4.42 Å².